The van der Waals surface area contributed by atoms with Crippen molar-refractivity contribution in [3.63, 3.8) is 0 Å². The Hall–Kier alpha value is -1.02. The van der Waals surface area contributed by atoms with Gasteiger partial charge in [-0.15, -0.1) is 0 Å². The van der Waals surface area contributed by atoms with Crippen LogP contribution in [0.25, 0.3) is 0 Å². The molecule has 0 saturated carbocycles. The maximum Gasteiger partial charge on any atom is 0.0319 e. The van der Waals surface area contributed by atoms with E-state index in [4.69, 9.17) is 11.5 Å². The molecule has 0 aliphatic heterocycles. The van der Waals surface area contributed by atoms with Crippen molar-refractivity contribution in [3.8, 4) is 0 Å². The molecule has 0 aliphatic rings. The molecule has 0 radical (unpaired) electrons. The summed E-state index contributed by atoms with van der Waals surface area (Å²) >= 11 is 0. The number of nitrogen functional groups attached to an aromatic ring is 1. The van der Waals surface area contributed by atoms with Gasteiger partial charge in [-0.25, -0.2) is 0 Å². The van der Waals surface area contributed by atoms with Crippen LogP contribution in [0.2, 0.25) is 0 Å². The van der Waals surface area contributed by atoms with Crippen LogP contribution in [0.3, 0.4) is 0 Å². The van der Waals surface area contributed by atoms with Crippen LogP contribution in [0.15, 0.2) is 18.2 Å². The predicted octanol–water partition coefficient (Wildman–Crippen LogP) is 1.04. The molecule has 1 rings (SSSR count). The Bertz CT molecular complexity index is 210. The Morgan fingerprint density at radius 3 is 2.50 bits per heavy atom. The van der Waals surface area contributed by atoms with Crippen LogP contribution in [-0.2, 0) is 6.54 Å². The first-order valence-electron chi connectivity index (χ1n) is 3.28. The fourth-order valence-electron chi connectivity index (χ4n) is 1.01. The predicted molar refractivity (Wildman–Crippen MR) is 43.5 cm³/mol. The smallest absolute Gasteiger partial charge is 0.0319 e. The highest BCUT2D eigenvalue weighted by molar-refractivity contribution is 5.44. The minimum atomic E-state index is 0.561. The van der Waals surface area contributed by atoms with Crippen molar-refractivity contribution < 1.29 is 0 Å². The minimum absolute atomic E-state index is 0.561. The van der Waals surface area contributed by atoms with Crippen molar-refractivity contribution in [2.24, 2.45) is 5.73 Å². The molecular formula is C8H12N2. The highest BCUT2D eigenvalue weighted by Gasteiger charge is 1.91. The zero-order valence-electron chi connectivity index (χ0n) is 6.09. The third-order valence-electron chi connectivity index (χ3n) is 1.40. The summed E-state index contributed by atoms with van der Waals surface area (Å²) in [6, 6.07) is 5.86. The molecule has 54 valence electrons. The number of anilines is 1. The van der Waals surface area contributed by atoms with Crippen molar-refractivity contribution in [2.75, 3.05) is 5.73 Å². The standard InChI is InChI=1S/C8H12N2/c1-6-2-7(5-9)4-8(10)3-6/h2-4H,5,9-10H2,1H3. The molecule has 0 fully saturated rings. The lowest BCUT2D eigenvalue weighted by Crippen LogP contribution is -1.98. The zero-order chi connectivity index (χ0) is 7.56. The largest absolute Gasteiger partial charge is 0.399 e. The average Bonchev–Trinajstić information content (AvgIpc) is 1.85. The number of rotatable bonds is 1. The number of hydrogen-bond donors (Lipinski definition) is 2. The summed E-state index contributed by atoms with van der Waals surface area (Å²) in [7, 11) is 0. The Kier molecular flexibility index (Phi) is 1.92. The molecule has 0 aromatic heterocycles. The molecule has 1 aromatic carbocycles. The Balaban J connectivity index is 3.06. The summed E-state index contributed by atoms with van der Waals surface area (Å²) in [5, 5.41) is 0. The third-order valence-corrected chi connectivity index (χ3v) is 1.40. The quantitative estimate of drug-likeness (QED) is 0.567. The number of benzene rings is 1. The number of aryl methyl sites for hydroxylation is 1. The van der Waals surface area contributed by atoms with Gasteiger partial charge in [-0.1, -0.05) is 6.07 Å². The van der Waals surface area contributed by atoms with E-state index in [1.807, 2.05) is 25.1 Å². The van der Waals surface area contributed by atoms with Gasteiger partial charge >= 0.3 is 0 Å². The van der Waals surface area contributed by atoms with Gasteiger partial charge in [0.2, 0.25) is 0 Å². The molecule has 2 heteroatoms. The summed E-state index contributed by atoms with van der Waals surface area (Å²) in [5.74, 6) is 0. The molecule has 1 aromatic rings. The molecule has 0 unspecified atom stereocenters. The number of nitrogens with two attached hydrogens (primary N) is 2. The van der Waals surface area contributed by atoms with Gasteiger partial charge in [0.1, 0.15) is 0 Å². The van der Waals surface area contributed by atoms with Crippen LogP contribution in [0.5, 0.6) is 0 Å². The van der Waals surface area contributed by atoms with Gasteiger partial charge in [0.25, 0.3) is 0 Å². The van der Waals surface area contributed by atoms with E-state index in [0.717, 1.165) is 11.3 Å². The van der Waals surface area contributed by atoms with Crippen LogP contribution in [-0.4, -0.2) is 0 Å². The fourth-order valence-corrected chi connectivity index (χ4v) is 1.01. The van der Waals surface area contributed by atoms with E-state index in [0.29, 0.717) is 6.54 Å². The lowest BCUT2D eigenvalue weighted by Gasteiger charge is -2.00. The second kappa shape index (κ2) is 2.71. The van der Waals surface area contributed by atoms with E-state index >= 15 is 0 Å². The van der Waals surface area contributed by atoms with Gasteiger partial charge in [-0.2, -0.15) is 0 Å². The van der Waals surface area contributed by atoms with Crippen molar-refractivity contribution in [2.45, 2.75) is 13.5 Å². The molecule has 4 N–H and O–H groups in total. The molecule has 0 aliphatic carbocycles. The highest BCUT2D eigenvalue weighted by atomic mass is 14.6. The summed E-state index contributed by atoms with van der Waals surface area (Å²) < 4.78 is 0. The molecule has 0 bridgehead atoms. The SMILES string of the molecule is Cc1cc(N)cc(CN)c1. The lowest BCUT2D eigenvalue weighted by molar-refractivity contribution is 1.07. The maximum atomic E-state index is 5.58. The monoisotopic (exact) mass is 136 g/mol. The molecular weight excluding hydrogens is 124 g/mol. The highest BCUT2D eigenvalue weighted by Crippen LogP contribution is 2.09. The molecule has 0 spiro atoms. The Morgan fingerprint density at radius 2 is 2.00 bits per heavy atom. The van der Waals surface area contributed by atoms with Crippen LogP contribution < -0.4 is 11.5 Å². The summed E-state index contributed by atoms with van der Waals surface area (Å²) in [6.45, 7) is 2.57. The van der Waals surface area contributed by atoms with E-state index in [9.17, 15) is 0 Å². The first kappa shape index (κ1) is 7.09. The van der Waals surface area contributed by atoms with E-state index in [2.05, 4.69) is 0 Å². The van der Waals surface area contributed by atoms with E-state index in [-0.39, 0.29) is 0 Å². The number of hydrogen-bond acceptors (Lipinski definition) is 2. The topological polar surface area (TPSA) is 52.0 Å². The second-order valence-electron chi connectivity index (χ2n) is 2.46. The normalized spacial score (nSPS) is 9.80. The van der Waals surface area contributed by atoms with E-state index < -0.39 is 0 Å². The molecule has 0 saturated heterocycles. The summed E-state index contributed by atoms with van der Waals surface area (Å²) in [4.78, 5) is 0. The van der Waals surface area contributed by atoms with Crippen LogP contribution in [0.1, 0.15) is 11.1 Å². The fraction of sp³-hybridized carbons (Fsp3) is 0.250. The Morgan fingerprint density at radius 1 is 1.30 bits per heavy atom. The maximum absolute atomic E-state index is 5.58. The zero-order valence-corrected chi connectivity index (χ0v) is 6.09. The molecule has 0 atom stereocenters. The van der Waals surface area contributed by atoms with Gasteiger partial charge < -0.3 is 11.5 Å². The molecule has 0 heterocycles. The molecule has 10 heavy (non-hydrogen) atoms. The van der Waals surface area contributed by atoms with Gasteiger partial charge in [-0.05, 0) is 30.2 Å². The average molecular weight is 136 g/mol. The Labute approximate surface area is 60.8 Å². The third kappa shape index (κ3) is 1.48. The first-order chi connectivity index (χ1) is 4.72. The van der Waals surface area contributed by atoms with E-state index in [1.165, 1.54) is 5.56 Å². The minimum Gasteiger partial charge on any atom is -0.399 e. The molecule has 2 nitrogen and oxygen atoms in total. The second-order valence-corrected chi connectivity index (χ2v) is 2.46. The van der Waals surface area contributed by atoms with Crippen molar-refractivity contribution >= 4 is 5.69 Å². The van der Waals surface area contributed by atoms with Crippen molar-refractivity contribution in [1.82, 2.24) is 0 Å². The summed E-state index contributed by atoms with van der Waals surface area (Å²) in [6.07, 6.45) is 0. The van der Waals surface area contributed by atoms with Crippen LogP contribution in [0.4, 0.5) is 5.69 Å². The van der Waals surface area contributed by atoms with Gasteiger partial charge in [0.15, 0.2) is 0 Å². The summed E-state index contributed by atoms with van der Waals surface area (Å²) in [5.41, 5.74) is 14.1. The van der Waals surface area contributed by atoms with Crippen LogP contribution >= 0.6 is 0 Å². The van der Waals surface area contributed by atoms with Crippen molar-refractivity contribution in [3.05, 3.63) is 29.3 Å². The lowest BCUT2D eigenvalue weighted by atomic mass is 10.1. The van der Waals surface area contributed by atoms with Crippen molar-refractivity contribution in [1.29, 1.82) is 0 Å². The van der Waals surface area contributed by atoms with Crippen LogP contribution in [0, 0.1) is 6.92 Å². The first-order valence-corrected chi connectivity index (χ1v) is 3.28. The van der Waals surface area contributed by atoms with Gasteiger partial charge in [0.05, 0.1) is 0 Å². The van der Waals surface area contributed by atoms with Gasteiger partial charge in [-0.3, -0.25) is 0 Å². The van der Waals surface area contributed by atoms with E-state index in [1.54, 1.807) is 0 Å². The van der Waals surface area contributed by atoms with Gasteiger partial charge in [0, 0.05) is 12.2 Å². The molecule has 0 amide bonds.